The van der Waals surface area contributed by atoms with Crippen LogP contribution in [-0.4, -0.2) is 34.0 Å². The molecular weight excluding hydrogens is 230 g/mol. The molecule has 2 aromatic rings. The quantitative estimate of drug-likeness (QED) is 0.806. The molecule has 0 atom stereocenters. The van der Waals surface area contributed by atoms with Gasteiger partial charge in [0, 0.05) is 13.6 Å². The van der Waals surface area contributed by atoms with Crippen LogP contribution in [0.5, 0.6) is 0 Å². The maximum Gasteiger partial charge on any atom is 0.261 e. The van der Waals surface area contributed by atoms with Crippen LogP contribution in [0.15, 0.2) is 35.4 Å². The molecule has 5 nitrogen and oxygen atoms in total. The van der Waals surface area contributed by atoms with Crippen LogP contribution in [0.4, 0.5) is 0 Å². The molecule has 94 valence electrons. The first-order valence-electron chi connectivity index (χ1n) is 5.81. The number of rotatable bonds is 3. The number of aromatic nitrogens is 2. The van der Waals surface area contributed by atoms with Gasteiger partial charge >= 0.3 is 0 Å². The normalized spacial score (nSPS) is 10.6. The van der Waals surface area contributed by atoms with Crippen LogP contribution in [0, 0.1) is 0 Å². The van der Waals surface area contributed by atoms with E-state index < -0.39 is 0 Å². The van der Waals surface area contributed by atoms with E-state index in [4.69, 9.17) is 0 Å². The number of carbonyl (C=O) groups excluding carboxylic acids is 1. The highest BCUT2D eigenvalue weighted by Crippen LogP contribution is 2.04. The van der Waals surface area contributed by atoms with Crippen LogP contribution >= 0.6 is 0 Å². The Kier molecular flexibility index (Phi) is 3.41. The zero-order chi connectivity index (χ0) is 13.1. The van der Waals surface area contributed by atoms with Crippen LogP contribution in [0.2, 0.25) is 0 Å². The van der Waals surface area contributed by atoms with Crippen molar-refractivity contribution in [1.82, 2.24) is 14.5 Å². The summed E-state index contributed by atoms with van der Waals surface area (Å²) in [6.07, 6.45) is 1.42. The number of hydrogen-bond donors (Lipinski definition) is 0. The standard InChI is InChI=1S/C13H15N3O2/c1-3-15(2)12(17)8-16-9-14-11-7-5-4-6-10(11)13(16)18/h4-7,9H,3,8H2,1-2H3. The van der Waals surface area contributed by atoms with E-state index in [1.54, 1.807) is 30.1 Å². The lowest BCUT2D eigenvalue weighted by Crippen LogP contribution is -2.33. The van der Waals surface area contributed by atoms with Gasteiger partial charge in [-0.3, -0.25) is 14.2 Å². The third-order valence-electron chi connectivity index (χ3n) is 2.94. The first-order valence-corrected chi connectivity index (χ1v) is 5.81. The fraction of sp³-hybridized carbons (Fsp3) is 0.308. The summed E-state index contributed by atoms with van der Waals surface area (Å²) in [5, 5.41) is 0.534. The minimum atomic E-state index is -0.182. The fourth-order valence-electron chi connectivity index (χ4n) is 1.66. The predicted octanol–water partition coefficient (Wildman–Crippen LogP) is 0.875. The van der Waals surface area contributed by atoms with Crippen LogP contribution in [0.3, 0.4) is 0 Å². The molecule has 1 heterocycles. The molecule has 0 bridgehead atoms. The molecule has 0 aliphatic heterocycles. The van der Waals surface area contributed by atoms with Gasteiger partial charge in [-0.05, 0) is 19.1 Å². The molecule has 1 aromatic heterocycles. The molecular formula is C13H15N3O2. The second kappa shape index (κ2) is 5.00. The van der Waals surface area contributed by atoms with E-state index in [2.05, 4.69) is 4.98 Å². The Morgan fingerprint density at radius 1 is 1.39 bits per heavy atom. The third kappa shape index (κ3) is 2.25. The van der Waals surface area contributed by atoms with Crippen molar-refractivity contribution in [3.8, 4) is 0 Å². The van der Waals surface area contributed by atoms with Gasteiger partial charge in [0.1, 0.15) is 6.54 Å². The molecule has 0 saturated carbocycles. The maximum atomic E-state index is 12.1. The van der Waals surface area contributed by atoms with Gasteiger partial charge in [-0.25, -0.2) is 4.98 Å². The van der Waals surface area contributed by atoms with Crippen molar-refractivity contribution in [2.45, 2.75) is 13.5 Å². The van der Waals surface area contributed by atoms with Crippen molar-refractivity contribution in [1.29, 1.82) is 0 Å². The molecule has 2 rings (SSSR count). The predicted molar refractivity (Wildman–Crippen MR) is 69.3 cm³/mol. The van der Waals surface area contributed by atoms with Crippen LogP contribution < -0.4 is 5.56 Å². The molecule has 5 heteroatoms. The minimum Gasteiger partial charge on any atom is -0.344 e. The monoisotopic (exact) mass is 245 g/mol. The van der Waals surface area contributed by atoms with E-state index in [-0.39, 0.29) is 18.0 Å². The molecule has 1 aromatic carbocycles. The third-order valence-corrected chi connectivity index (χ3v) is 2.94. The summed E-state index contributed by atoms with van der Waals surface area (Å²) in [7, 11) is 1.71. The van der Waals surface area contributed by atoms with Crippen molar-refractivity contribution in [2.24, 2.45) is 0 Å². The highest BCUT2D eigenvalue weighted by Gasteiger charge is 2.10. The summed E-state index contributed by atoms with van der Waals surface area (Å²) in [5.74, 6) is -0.100. The van der Waals surface area contributed by atoms with Crippen LogP contribution in [0.1, 0.15) is 6.92 Å². The molecule has 0 N–H and O–H groups in total. The first kappa shape index (κ1) is 12.3. The number of likely N-dealkylation sites (N-methyl/N-ethyl adjacent to an activating group) is 1. The number of amides is 1. The number of carbonyl (C=O) groups is 1. The summed E-state index contributed by atoms with van der Waals surface area (Å²) in [5.41, 5.74) is 0.466. The Bertz CT molecular complexity index is 633. The van der Waals surface area contributed by atoms with Gasteiger partial charge in [0.15, 0.2) is 0 Å². The molecule has 0 radical (unpaired) electrons. The maximum absolute atomic E-state index is 12.1. The van der Waals surface area contributed by atoms with E-state index >= 15 is 0 Å². The molecule has 0 aliphatic rings. The van der Waals surface area contributed by atoms with Gasteiger partial charge in [0.2, 0.25) is 5.91 Å². The lowest BCUT2D eigenvalue weighted by Gasteiger charge is -2.15. The van der Waals surface area contributed by atoms with Crippen LogP contribution in [0.25, 0.3) is 10.9 Å². The summed E-state index contributed by atoms with van der Waals surface area (Å²) in [6, 6.07) is 7.11. The van der Waals surface area contributed by atoms with Gasteiger partial charge in [-0.1, -0.05) is 12.1 Å². The van der Waals surface area contributed by atoms with Crippen LogP contribution in [-0.2, 0) is 11.3 Å². The molecule has 18 heavy (non-hydrogen) atoms. The average molecular weight is 245 g/mol. The van der Waals surface area contributed by atoms with Crippen molar-refractivity contribution in [2.75, 3.05) is 13.6 Å². The lowest BCUT2D eigenvalue weighted by atomic mass is 10.2. The van der Waals surface area contributed by atoms with Gasteiger partial charge in [0.25, 0.3) is 5.56 Å². The molecule has 1 amide bonds. The Morgan fingerprint density at radius 3 is 2.83 bits per heavy atom. The average Bonchev–Trinajstić information content (AvgIpc) is 2.41. The Balaban J connectivity index is 2.38. The van der Waals surface area contributed by atoms with E-state index in [1.165, 1.54) is 10.9 Å². The molecule has 0 spiro atoms. The second-order valence-corrected chi connectivity index (χ2v) is 4.10. The molecule has 0 unspecified atom stereocenters. The van der Waals surface area contributed by atoms with E-state index in [9.17, 15) is 9.59 Å². The molecule has 0 aliphatic carbocycles. The lowest BCUT2D eigenvalue weighted by molar-refractivity contribution is -0.130. The van der Waals surface area contributed by atoms with Crippen molar-refractivity contribution in [3.63, 3.8) is 0 Å². The van der Waals surface area contributed by atoms with Crippen molar-refractivity contribution >= 4 is 16.8 Å². The van der Waals surface area contributed by atoms with E-state index in [0.29, 0.717) is 17.4 Å². The number of hydrogen-bond acceptors (Lipinski definition) is 3. The number of fused-ring (bicyclic) bond motifs is 1. The highest BCUT2D eigenvalue weighted by atomic mass is 16.2. The Labute approximate surface area is 105 Å². The minimum absolute atomic E-state index is 0.0288. The van der Waals surface area contributed by atoms with Gasteiger partial charge < -0.3 is 4.90 Å². The fourth-order valence-corrected chi connectivity index (χ4v) is 1.66. The largest absolute Gasteiger partial charge is 0.344 e. The number of para-hydroxylation sites is 1. The summed E-state index contributed by atoms with van der Waals surface area (Å²) >= 11 is 0. The zero-order valence-electron chi connectivity index (χ0n) is 10.5. The number of benzene rings is 1. The van der Waals surface area contributed by atoms with Crippen molar-refractivity contribution < 1.29 is 4.79 Å². The SMILES string of the molecule is CCN(C)C(=O)Cn1cnc2ccccc2c1=O. The summed E-state index contributed by atoms with van der Waals surface area (Å²) in [6.45, 7) is 2.54. The van der Waals surface area contributed by atoms with Gasteiger partial charge in [0.05, 0.1) is 17.2 Å². The van der Waals surface area contributed by atoms with Gasteiger partial charge in [-0.15, -0.1) is 0 Å². The second-order valence-electron chi connectivity index (χ2n) is 4.10. The Morgan fingerprint density at radius 2 is 2.11 bits per heavy atom. The smallest absolute Gasteiger partial charge is 0.261 e. The highest BCUT2D eigenvalue weighted by molar-refractivity contribution is 5.78. The topological polar surface area (TPSA) is 55.2 Å². The van der Waals surface area contributed by atoms with Crippen molar-refractivity contribution in [3.05, 3.63) is 40.9 Å². The molecule has 0 fully saturated rings. The zero-order valence-corrected chi connectivity index (χ0v) is 10.5. The van der Waals surface area contributed by atoms with E-state index in [0.717, 1.165) is 0 Å². The summed E-state index contributed by atoms with van der Waals surface area (Å²) < 4.78 is 1.34. The molecule has 0 saturated heterocycles. The Hall–Kier alpha value is -2.17. The van der Waals surface area contributed by atoms with Gasteiger partial charge in [-0.2, -0.15) is 0 Å². The first-order chi connectivity index (χ1) is 8.63. The number of nitrogens with zero attached hydrogens (tertiary/aromatic N) is 3. The summed E-state index contributed by atoms with van der Waals surface area (Å²) in [4.78, 5) is 29.6. The van der Waals surface area contributed by atoms with E-state index in [1.807, 2.05) is 13.0 Å².